The Bertz CT molecular complexity index is 514. The Hall–Kier alpha value is -1.62. The Morgan fingerprint density at radius 3 is 2.53 bits per heavy atom. The molecule has 0 radical (unpaired) electrons. The van der Waals surface area contributed by atoms with Crippen LogP contribution < -0.4 is 5.73 Å². The maximum atomic E-state index is 5.54. The van der Waals surface area contributed by atoms with E-state index in [1.54, 1.807) is 0 Å². The van der Waals surface area contributed by atoms with Gasteiger partial charge >= 0.3 is 0 Å². The van der Waals surface area contributed by atoms with Gasteiger partial charge < -0.3 is 14.7 Å². The zero-order chi connectivity index (χ0) is 12.4. The van der Waals surface area contributed by atoms with Crippen molar-refractivity contribution in [2.24, 2.45) is 5.73 Å². The summed E-state index contributed by atoms with van der Waals surface area (Å²) < 4.78 is 10.8. The molecule has 5 nitrogen and oxygen atoms in total. The molecule has 0 unspecified atom stereocenters. The van der Waals surface area contributed by atoms with Gasteiger partial charge in [0.2, 0.25) is 0 Å². The van der Waals surface area contributed by atoms with Crippen molar-refractivity contribution in [3.8, 4) is 11.5 Å². The summed E-state index contributed by atoms with van der Waals surface area (Å²) in [4.78, 5) is 4.36. The Morgan fingerprint density at radius 2 is 1.94 bits per heavy atom. The van der Waals surface area contributed by atoms with Crippen molar-refractivity contribution < 1.29 is 8.94 Å². The van der Waals surface area contributed by atoms with Crippen molar-refractivity contribution in [3.63, 3.8) is 0 Å². The zero-order valence-electron chi connectivity index (χ0n) is 10.4. The van der Waals surface area contributed by atoms with Crippen molar-refractivity contribution in [1.82, 2.24) is 10.1 Å². The largest absolute Gasteiger partial charge is 0.466 e. The van der Waals surface area contributed by atoms with Crippen LogP contribution in [0.15, 0.2) is 8.94 Å². The lowest BCUT2D eigenvalue weighted by Crippen LogP contribution is -2.01. The van der Waals surface area contributed by atoms with E-state index in [1.165, 1.54) is 0 Å². The molecular weight excluding hydrogens is 218 g/mol. The average molecular weight is 235 g/mol. The smallest absolute Gasteiger partial charge is 0.261 e. The molecule has 0 spiro atoms. The van der Waals surface area contributed by atoms with E-state index in [1.807, 2.05) is 20.8 Å². The molecule has 0 amide bonds. The summed E-state index contributed by atoms with van der Waals surface area (Å²) in [7, 11) is 0. The Balaban J connectivity index is 2.30. The topological polar surface area (TPSA) is 78.1 Å². The lowest BCUT2D eigenvalue weighted by atomic mass is 10.1. The van der Waals surface area contributed by atoms with Crippen LogP contribution in [0.4, 0.5) is 0 Å². The number of hydrogen-bond donors (Lipinski definition) is 1. The molecule has 2 rings (SSSR count). The predicted molar refractivity (Wildman–Crippen MR) is 63.6 cm³/mol. The van der Waals surface area contributed by atoms with E-state index in [-0.39, 0.29) is 0 Å². The molecule has 5 heteroatoms. The minimum Gasteiger partial charge on any atom is -0.466 e. The van der Waals surface area contributed by atoms with Gasteiger partial charge in [-0.1, -0.05) is 5.16 Å². The Labute approximate surface area is 100.0 Å². The summed E-state index contributed by atoms with van der Waals surface area (Å²) in [6, 6.07) is 0. The van der Waals surface area contributed by atoms with Crippen molar-refractivity contribution in [2.45, 2.75) is 33.6 Å². The van der Waals surface area contributed by atoms with Crippen molar-refractivity contribution in [1.29, 1.82) is 0 Å². The highest BCUT2D eigenvalue weighted by Gasteiger charge is 2.18. The highest BCUT2D eigenvalue weighted by Crippen LogP contribution is 2.30. The van der Waals surface area contributed by atoms with E-state index in [0.29, 0.717) is 18.3 Å². The molecule has 2 aromatic heterocycles. The number of hydrogen-bond acceptors (Lipinski definition) is 5. The van der Waals surface area contributed by atoms with Crippen LogP contribution in [-0.2, 0) is 6.42 Å². The van der Waals surface area contributed by atoms with Crippen LogP contribution in [0.2, 0.25) is 0 Å². The van der Waals surface area contributed by atoms with Gasteiger partial charge in [0.1, 0.15) is 11.5 Å². The van der Waals surface area contributed by atoms with Crippen molar-refractivity contribution in [2.75, 3.05) is 6.54 Å². The van der Waals surface area contributed by atoms with Crippen LogP contribution in [0.25, 0.3) is 11.5 Å². The third-order valence-electron chi connectivity index (χ3n) is 2.85. The van der Waals surface area contributed by atoms with Gasteiger partial charge in [0.05, 0.1) is 5.56 Å². The zero-order valence-corrected chi connectivity index (χ0v) is 10.4. The lowest BCUT2D eigenvalue weighted by Gasteiger charge is -1.92. The van der Waals surface area contributed by atoms with Crippen molar-refractivity contribution in [3.05, 3.63) is 22.9 Å². The minimum absolute atomic E-state index is 0.531. The van der Waals surface area contributed by atoms with Gasteiger partial charge in [-0.3, -0.25) is 0 Å². The van der Waals surface area contributed by atoms with Gasteiger partial charge in [-0.15, -0.1) is 0 Å². The minimum atomic E-state index is 0.531. The first-order chi connectivity index (χ1) is 8.13. The van der Waals surface area contributed by atoms with E-state index in [9.17, 15) is 0 Å². The molecule has 2 N–H and O–H groups in total. The number of nitrogens with two attached hydrogens (primary N) is 1. The monoisotopic (exact) mass is 235 g/mol. The van der Waals surface area contributed by atoms with Crippen LogP contribution >= 0.6 is 0 Å². The fourth-order valence-electron chi connectivity index (χ4n) is 1.83. The highest BCUT2D eigenvalue weighted by molar-refractivity contribution is 5.61. The van der Waals surface area contributed by atoms with Crippen molar-refractivity contribution >= 4 is 0 Å². The first-order valence-corrected chi connectivity index (χ1v) is 5.73. The molecule has 0 aliphatic rings. The summed E-state index contributed by atoms with van der Waals surface area (Å²) >= 11 is 0. The second-order valence-electron chi connectivity index (χ2n) is 4.12. The van der Waals surface area contributed by atoms with E-state index >= 15 is 0 Å². The molecule has 0 bridgehead atoms. The van der Waals surface area contributed by atoms with Gasteiger partial charge in [-0.2, -0.15) is 4.98 Å². The molecule has 92 valence electrons. The van der Waals surface area contributed by atoms with E-state index in [0.717, 1.165) is 35.5 Å². The summed E-state index contributed by atoms with van der Waals surface area (Å²) in [6.07, 6.45) is 1.61. The number of furan rings is 1. The predicted octanol–water partition coefficient (Wildman–Crippen LogP) is 2.15. The third-order valence-corrected chi connectivity index (χ3v) is 2.85. The van der Waals surface area contributed by atoms with Gasteiger partial charge in [0, 0.05) is 12.0 Å². The molecule has 0 aliphatic carbocycles. The summed E-state index contributed by atoms with van der Waals surface area (Å²) in [6.45, 7) is 6.45. The number of nitrogens with zero attached hydrogens (tertiary/aromatic N) is 2. The number of aromatic nitrogens is 2. The SMILES string of the molecule is Cc1oc(C)c(-c2nc(CCCN)no2)c1C. The average Bonchev–Trinajstić information content (AvgIpc) is 2.83. The standard InChI is InChI=1S/C12H17N3O2/c1-7-8(2)16-9(3)11(7)12-14-10(15-17-12)5-4-6-13/h4-6,13H2,1-3H3. The molecule has 2 heterocycles. The fraction of sp³-hybridized carbons (Fsp3) is 0.500. The highest BCUT2D eigenvalue weighted by atomic mass is 16.5. The quantitative estimate of drug-likeness (QED) is 0.878. The normalized spacial score (nSPS) is 11.1. The number of aryl methyl sites for hydroxylation is 3. The van der Waals surface area contributed by atoms with Crippen LogP contribution in [0.5, 0.6) is 0 Å². The Morgan fingerprint density at radius 1 is 1.18 bits per heavy atom. The van der Waals surface area contributed by atoms with Gasteiger partial charge in [-0.05, 0) is 33.7 Å². The molecule has 0 atom stereocenters. The van der Waals surface area contributed by atoms with Crippen LogP contribution in [-0.4, -0.2) is 16.7 Å². The third kappa shape index (κ3) is 2.24. The second-order valence-corrected chi connectivity index (χ2v) is 4.12. The van der Waals surface area contributed by atoms with E-state index in [4.69, 9.17) is 14.7 Å². The summed E-state index contributed by atoms with van der Waals surface area (Å²) in [5, 5.41) is 3.94. The molecule has 2 aromatic rings. The van der Waals surface area contributed by atoms with Crippen LogP contribution in [0.1, 0.15) is 29.3 Å². The fourth-order valence-corrected chi connectivity index (χ4v) is 1.83. The molecular formula is C12H17N3O2. The van der Waals surface area contributed by atoms with Crippen LogP contribution in [0, 0.1) is 20.8 Å². The maximum absolute atomic E-state index is 5.54. The molecule has 17 heavy (non-hydrogen) atoms. The number of rotatable bonds is 4. The lowest BCUT2D eigenvalue weighted by molar-refractivity contribution is 0.420. The maximum Gasteiger partial charge on any atom is 0.261 e. The second kappa shape index (κ2) is 4.71. The first kappa shape index (κ1) is 11.9. The first-order valence-electron chi connectivity index (χ1n) is 5.73. The summed E-state index contributed by atoms with van der Waals surface area (Å²) in [5.74, 6) is 2.93. The summed E-state index contributed by atoms with van der Waals surface area (Å²) in [5.41, 5.74) is 7.41. The van der Waals surface area contributed by atoms with E-state index < -0.39 is 0 Å². The molecule has 0 fully saturated rings. The molecule has 0 saturated carbocycles. The molecule has 0 aliphatic heterocycles. The van der Waals surface area contributed by atoms with E-state index in [2.05, 4.69) is 10.1 Å². The molecule has 0 aromatic carbocycles. The van der Waals surface area contributed by atoms with Gasteiger partial charge in [0.15, 0.2) is 5.82 Å². The van der Waals surface area contributed by atoms with Gasteiger partial charge in [0.25, 0.3) is 5.89 Å². The van der Waals surface area contributed by atoms with Gasteiger partial charge in [-0.25, -0.2) is 0 Å². The van der Waals surface area contributed by atoms with Crippen LogP contribution in [0.3, 0.4) is 0 Å². The Kier molecular flexibility index (Phi) is 3.28. The molecule has 0 saturated heterocycles.